The number of anilines is 1. The van der Waals surface area contributed by atoms with Crippen molar-refractivity contribution in [2.45, 2.75) is 20.3 Å². The Bertz CT molecular complexity index is 921. The first-order valence-corrected chi connectivity index (χ1v) is 9.55. The van der Waals surface area contributed by atoms with Gasteiger partial charge in [-0.3, -0.25) is 9.59 Å². The molecule has 0 fully saturated rings. The predicted molar refractivity (Wildman–Crippen MR) is 113 cm³/mol. The number of methoxy groups -OCH3 is 1. The van der Waals surface area contributed by atoms with Gasteiger partial charge in [0.1, 0.15) is 0 Å². The van der Waals surface area contributed by atoms with Crippen LogP contribution >= 0.6 is 0 Å². The van der Waals surface area contributed by atoms with Gasteiger partial charge in [-0.05, 0) is 49.8 Å². The van der Waals surface area contributed by atoms with Gasteiger partial charge in [0.25, 0.3) is 5.91 Å². The molecule has 0 atom stereocenters. The Morgan fingerprint density at radius 2 is 1.70 bits per heavy atom. The molecule has 7 nitrogen and oxygen atoms in total. The van der Waals surface area contributed by atoms with Gasteiger partial charge in [0.15, 0.2) is 0 Å². The molecule has 0 radical (unpaired) electrons. The van der Waals surface area contributed by atoms with Gasteiger partial charge in [-0.15, -0.1) is 0 Å². The molecule has 0 saturated carbocycles. The number of hydrogen-bond acceptors (Lipinski definition) is 6. The Labute approximate surface area is 175 Å². The van der Waals surface area contributed by atoms with E-state index in [0.29, 0.717) is 22.4 Å². The lowest BCUT2D eigenvalue weighted by atomic mass is 9.98. The highest BCUT2D eigenvalue weighted by molar-refractivity contribution is 6.06. The van der Waals surface area contributed by atoms with Crippen LogP contribution in [0.15, 0.2) is 48.7 Å². The van der Waals surface area contributed by atoms with E-state index in [9.17, 15) is 14.4 Å². The lowest BCUT2D eigenvalue weighted by Crippen LogP contribution is -2.17. The SMILES string of the molecule is CCOC(=O)Cc1cc(/C=C\OC)c(NC(=O)c2ccccc2)cc1C(=O)OCC. The summed E-state index contributed by atoms with van der Waals surface area (Å²) in [5.41, 5.74) is 2.02. The van der Waals surface area contributed by atoms with Crippen LogP contribution in [0.1, 0.15) is 45.7 Å². The van der Waals surface area contributed by atoms with Crippen molar-refractivity contribution in [1.82, 2.24) is 0 Å². The van der Waals surface area contributed by atoms with Crippen molar-refractivity contribution in [3.05, 3.63) is 71.0 Å². The Hall–Kier alpha value is -3.61. The summed E-state index contributed by atoms with van der Waals surface area (Å²) in [5, 5.41) is 2.81. The molecule has 2 rings (SSSR count). The number of amides is 1. The van der Waals surface area contributed by atoms with Crippen LogP contribution in [0.5, 0.6) is 0 Å². The van der Waals surface area contributed by atoms with Crippen molar-refractivity contribution in [2.24, 2.45) is 0 Å². The fraction of sp³-hybridized carbons (Fsp3) is 0.261. The fourth-order valence-electron chi connectivity index (χ4n) is 2.75. The molecule has 1 amide bonds. The number of esters is 2. The monoisotopic (exact) mass is 411 g/mol. The zero-order valence-corrected chi connectivity index (χ0v) is 17.3. The van der Waals surface area contributed by atoms with Crippen molar-refractivity contribution < 1.29 is 28.6 Å². The molecule has 2 aromatic rings. The number of carbonyl (C=O) groups excluding carboxylic acids is 3. The number of carbonyl (C=O) groups is 3. The smallest absolute Gasteiger partial charge is 0.338 e. The van der Waals surface area contributed by atoms with Crippen LogP contribution in [0.25, 0.3) is 6.08 Å². The van der Waals surface area contributed by atoms with E-state index in [1.54, 1.807) is 50.3 Å². The van der Waals surface area contributed by atoms with Crippen LogP contribution < -0.4 is 5.32 Å². The van der Waals surface area contributed by atoms with E-state index in [1.165, 1.54) is 19.4 Å². The molecule has 0 aliphatic rings. The lowest BCUT2D eigenvalue weighted by Gasteiger charge is -2.15. The third kappa shape index (κ3) is 6.20. The summed E-state index contributed by atoms with van der Waals surface area (Å²) < 4.78 is 15.1. The highest BCUT2D eigenvalue weighted by atomic mass is 16.5. The zero-order valence-electron chi connectivity index (χ0n) is 17.3. The van der Waals surface area contributed by atoms with Crippen LogP contribution in [0, 0.1) is 0 Å². The topological polar surface area (TPSA) is 90.9 Å². The molecule has 0 aliphatic carbocycles. The predicted octanol–water partition coefficient (Wildman–Crippen LogP) is 3.84. The van der Waals surface area contributed by atoms with E-state index < -0.39 is 11.9 Å². The summed E-state index contributed by atoms with van der Waals surface area (Å²) in [6.07, 6.45) is 2.96. The van der Waals surface area contributed by atoms with Gasteiger partial charge in [0, 0.05) is 16.8 Å². The molecule has 0 unspecified atom stereocenters. The molecule has 0 heterocycles. The molecular formula is C23H25NO6. The fourth-order valence-corrected chi connectivity index (χ4v) is 2.75. The van der Waals surface area contributed by atoms with Gasteiger partial charge in [0.2, 0.25) is 0 Å². The lowest BCUT2D eigenvalue weighted by molar-refractivity contribution is -0.142. The van der Waals surface area contributed by atoms with E-state index in [0.717, 1.165) is 0 Å². The number of hydrogen-bond donors (Lipinski definition) is 1. The highest BCUT2D eigenvalue weighted by Crippen LogP contribution is 2.26. The third-order valence-corrected chi connectivity index (χ3v) is 4.08. The summed E-state index contributed by atoms with van der Waals surface area (Å²) in [6.45, 7) is 3.81. The maximum atomic E-state index is 12.6. The van der Waals surface area contributed by atoms with Crippen molar-refractivity contribution in [1.29, 1.82) is 0 Å². The third-order valence-electron chi connectivity index (χ3n) is 4.08. The van der Waals surface area contributed by atoms with Crippen LogP contribution in [0.4, 0.5) is 5.69 Å². The average Bonchev–Trinajstić information content (AvgIpc) is 2.74. The van der Waals surface area contributed by atoms with E-state index in [-0.39, 0.29) is 31.1 Å². The molecule has 0 aromatic heterocycles. The minimum Gasteiger partial charge on any atom is -0.504 e. The number of ether oxygens (including phenoxy) is 3. The standard InChI is InChI=1S/C23H25NO6/c1-4-29-21(25)14-18-13-17(11-12-28-3)20(15-19(18)23(27)30-5-2)24-22(26)16-9-7-6-8-10-16/h6-13,15H,4-5,14H2,1-3H3,(H,24,26)/b12-11-. The summed E-state index contributed by atoms with van der Waals surface area (Å²) in [6, 6.07) is 11.8. The summed E-state index contributed by atoms with van der Waals surface area (Å²) in [5.74, 6) is -1.39. The summed E-state index contributed by atoms with van der Waals surface area (Å²) in [4.78, 5) is 37.2. The Morgan fingerprint density at radius 1 is 1.00 bits per heavy atom. The van der Waals surface area contributed by atoms with Gasteiger partial charge < -0.3 is 19.5 Å². The summed E-state index contributed by atoms with van der Waals surface area (Å²) in [7, 11) is 1.49. The van der Waals surface area contributed by atoms with Crippen molar-refractivity contribution in [2.75, 3.05) is 25.6 Å². The molecule has 2 aromatic carbocycles. The molecule has 7 heteroatoms. The number of nitrogens with one attached hydrogen (secondary N) is 1. The van der Waals surface area contributed by atoms with Gasteiger partial charge in [-0.25, -0.2) is 4.79 Å². The number of rotatable bonds is 9. The first-order chi connectivity index (χ1) is 14.5. The second kappa shape index (κ2) is 11.4. The average molecular weight is 411 g/mol. The van der Waals surface area contributed by atoms with Crippen molar-refractivity contribution in [3.63, 3.8) is 0 Å². The Morgan fingerprint density at radius 3 is 2.33 bits per heavy atom. The van der Waals surface area contributed by atoms with Crippen molar-refractivity contribution >= 4 is 29.6 Å². The Balaban J connectivity index is 2.51. The molecule has 30 heavy (non-hydrogen) atoms. The molecule has 158 valence electrons. The van der Waals surface area contributed by atoms with Gasteiger partial charge >= 0.3 is 11.9 Å². The van der Waals surface area contributed by atoms with Crippen LogP contribution in [-0.4, -0.2) is 38.2 Å². The number of benzene rings is 2. The minimum absolute atomic E-state index is 0.108. The van der Waals surface area contributed by atoms with Crippen molar-refractivity contribution in [3.8, 4) is 0 Å². The van der Waals surface area contributed by atoms with E-state index >= 15 is 0 Å². The largest absolute Gasteiger partial charge is 0.504 e. The van der Waals surface area contributed by atoms with Crippen LogP contribution in [0.3, 0.4) is 0 Å². The molecule has 1 N–H and O–H groups in total. The van der Waals surface area contributed by atoms with Gasteiger partial charge in [0.05, 0.1) is 38.6 Å². The highest BCUT2D eigenvalue weighted by Gasteiger charge is 2.20. The Kier molecular flexibility index (Phi) is 8.62. The molecule has 0 saturated heterocycles. The second-order valence-corrected chi connectivity index (χ2v) is 6.16. The van der Waals surface area contributed by atoms with E-state index in [1.807, 2.05) is 6.07 Å². The molecular weight excluding hydrogens is 386 g/mol. The normalized spacial score (nSPS) is 10.5. The van der Waals surface area contributed by atoms with Gasteiger partial charge in [-0.2, -0.15) is 0 Å². The van der Waals surface area contributed by atoms with E-state index in [4.69, 9.17) is 14.2 Å². The zero-order chi connectivity index (χ0) is 21.9. The van der Waals surface area contributed by atoms with Crippen LogP contribution in [-0.2, 0) is 25.4 Å². The van der Waals surface area contributed by atoms with Crippen LogP contribution in [0.2, 0.25) is 0 Å². The molecule has 0 bridgehead atoms. The minimum atomic E-state index is -0.589. The maximum absolute atomic E-state index is 12.6. The summed E-state index contributed by atoms with van der Waals surface area (Å²) >= 11 is 0. The molecule has 0 spiro atoms. The maximum Gasteiger partial charge on any atom is 0.338 e. The first kappa shape index (κ1) is 22.7. The first-order valence-electron chi connectivity index (χ1n) is 9.55. The van der Waals surface area contributed by atoms with E-state index in [2.05, 4.69) is 5.32 Å². The quantitative estimate of drug-likeness (QED) is 0.498. The molecule has 0 aliphatic heterocycles. The second-order valence-electron chi connectivity index (χ2n) is 6.16. The van der Waals surface area contributed by atoms with Gasteiger partial charge in [-0.1, -0.05) is 18.2 Å².